The normalized spacial score (nSPS) is 26.1. The molecule has 1 saturated heterocycles. The average molecular weight is 379 g/mol. The van der Waals surface area contributed by atoms with Gasteiger partial charge in [-0.1, -0.05) is 54.7 Å². The minimum Gasteiger partial charge on any atom is -0.370 e. The molecule has 1 N–H and O–H groups in total. The number of hydrogen-bond acceptors (Lipinski definition) is 2. The highest BCUT2D eigenvalue weighted by molar-refractivity contribution is 14.1. The van der Waals surface area contributed by atoms with Gasteiger partial charge in [0.05, 0.1) is 11.7 Å². The van der Waals surface area contributed by atoms with Crippen LogP contribution in [0.5, 0.6) is 0 Å². The number of halogens is 1. The van der Waals surface area contributed by atoms with Crippen LogP contribution in [-0.4, -0.2) is 29.2 Å². The molecule has 0 amide bonds. The van der Waals surface area contributed by atoms with Gasteiger partial charge in [0.1, 0.15) is 0 Å². The second kappa shape index (κ2) is 8.83. The molecule has 19 heavy (non-hydrogen) atoms. The minimum atomic E-state index is 0.297. The van der Waals surface area contributed by atoms with Crippen molar-refractivity contribution in [2.24, 2.45) is 0 Å². The summed E-state index contributed by atoms with van der Waals surface area (Å²) in [5.41, 5.74) is 0.297. The van der Waals surface area contributed by atoms with E-state index in [0.29, 0.717) is 11.7 Å². The molecule has 1 aliphatic heterocycles. The zero-order valence-corrected chi connectivity index (χ0v) is 14.4. The Kier molecular flexibility index (Phi) is 7.45. The molecule has 1 heterocycles. The molecule has 2 nitrogen and oxygen atoms in total. The van der Waals surface area contributed by atoms with Gasteiger partial charge in [-0.3, -0.25) is 0 Å². The first-order valence-electron chi connectivity index (χ1n) is 8.29. The molecule has 0 aromatic heterocycles. The lowest BCUT2D eigenvalue weighted by Gasteiger charge is -2.33. The molecule has 2 fully saturated rings. The quantitative estimate of drug-likeness (QED) is 0.382. The molecule has 0 aromatic rings. The van der Waals surface area contributed by atoms with E-state index < -0.39 is 0 Å². The van der Waals surface area contributed by atoms with Crippen LogP contribution in [-0.2, 0) is 4.74 Å². The van der Waals surface area contributed by atoms with Gasteiger partial charge in [0.15, 0.2) is 0 Å². The second-order valence-corrected chi connectivity index (χ2v) is 7.41. The fraction of sp³-hybridized carbons (Fsp3) is 1.00. The standard InChI is InChI=1S/C16H30INO/c17-12-6-1-2-7-13-18-14-15-8-11-16(19-15)9-4-3-5-10-16/h15,18H,1-14H2. The third-order valence-corrected chi connectivity index (χ3v) is 5.48. The molecule has 1 unspecified atom stereocenters. The maximum absolute atomic E-state index is 6.37. The monoisotopic (exact) mass is 379 g/mol. The number of ether oxygens (including phenoxy) is 1. The highest BCUT2D eigenvalue weighted by Crippen LogP contribution is 2.41. The Bertz CT molecular complexity index is 241. The van der Waals surface area contributed by atoms with Gasteiger partial charge in [-0.15, -0.1) is 0 Å². The van der Waals surface area contributed by atoms with Gasteiger partial charge in [0, 0.05) is 6.54 Å². The largest absolute Gasteiger partial charge is 0.370 e. The molecular formula is C16H30INO. The van der Waals surface area contributed by atoms with Crippen molar-refractivity contribution in [2.45, 2.75) is 82.3 Å². The topological polar surface area (TPSA) is 21.3 Å². The Morgan fingerprint density at radius 2 is 1.79 bits per heavy atom. The van der Waals surface area contributed by atoms with Crippen molar-refractivity contribution >= 4 is 22.6 Å². The molecule has 1 aliphatic carbocycles. The van der Waals surface area contributed by atoms with Crippen LogP contribution >= 0.6 is 22.6 Å². The van der Waals surface area contributed by atoms with Gasteiger partial charge in [-0.05, 0) is 49.5 Å². The highest BCUT2D eigenvalue weighted by Gasteiger charge is 2.40. The molecule has 2 rings (SSSR count). The predicted molar refractivity (Wildman–Crippen MR) is 90.1 cm³/mol. The minimum absolute atomic E-state index is 0.297. The van der Waals surface area contributed by atoms with Crippen molar-refractivity contribution in [3.8, 4) is 0 Å². The second-order valence-electron chi connectivity index (χ2n) is 6.33. The van der Waals surface area contributed by atoms with E-state index in [4.69, 9.17) is 4.74 Å². The van der Waals surface area contributed by atoms with Gasteiger partial charge in [0.2, 0.25) is 0 Å². The summed E-state index contributed by atoms with van der Waals surface area (Å²) in [5.74, 6) is 0. The maximum atomic E-state index is 6.37. The van der Waals surface area contributed by atoms with E-state index >= 15 is 0 Å². The van der Waals surface area contributed by atoms with Gasteiger partial charge in [0.25, 0.3) is 0 Å². The van der Waals surface area contributed by atoms with E-state index in [1.54, 1.807) is 0 Å². The van der Waals surface area contributed by atoms with Crippen molar-refractivity contribution < 1.29 is 4.74 Å². The van der Waals surface area contributed by atoms with Crippen LogP contribution in [0.15, 0.2) is 0 Å². The molecule has 0 aromatic carbocycles. The summed E-state index contributed by atoms with van der Waals surface area (Å²) in [4.78, 5) is 0. The van der Waals surface area contributed by atoms with Gasteiger partial charge >= 0.3 is 0 Å². The molecule has 112 valence electrons. The van der Waals surface area contributed by atoms with Crippen LogP contribution < -0.4 is 5.32 Å². The van der Waals surface area contributed by atoms with Gasteiger partial charge in [-0.2, -0.15) is 0 Å². The van der Waals surface area contributed by atoms with Crippen molar-refractivity contribution in [2.75, 3.05) is 17.5 Å². The van der Waals surface area contributed by atoms with Gasteiger partial charge in [-0.25, -0.2) is 0 Å². The molecule has 0 radical (unpaired) electrons. The number of alkyl halides is 1. The zero-order valence-electron chi connectivity index (χ0n) is 12.3. The van der Waals surface area contributed by atoms with E-state index in [1.807, 2.05) is 0 Å². The predicted octanol–water partition coefficient (Wildman–Crippen LogP) is 4.45. The lowest BCUT2D eigenvalue weighted by atomic mass is 9.83. The Balaban J connectivity index is 1.51. The van der Waals surface area contributed by atoms with E-state index in [0.717, 1.165) is 6.54 Å². The summed E-state index contributed by atoms with van der Waals surface area (Å²) >= 11 is 2.47. The van der Waals surface area contributed by atoms with Crippen molar-refractivity contribution in [1.29, 1.82) is 0 Å². The van der Waals surface area contributed by atoms with E-state index in [2.05, 4.69) is 27.9 Å². The smallest absolute Gasteiger partial charge is 0.0708 e. The van der Waals surface area contributed by atoms with Crippen LogP contribution in [0.4, 0.5) is 0 Å². The van der Waals surface area contributed by atoms with E-state index in [9.17, 15) is 0 Å². The number of rotatable bonds is 8. The van der Waals surface area contributed by atoms with Crippen LogP contribution in [0.25, 0.3) is 0 Å². The van der Waals surface area contributed by atoms with Gasteiger partial charge < -0.3 is 10.1 Å². The summed E-state index contributed by atoms with van der Waals surface area (Å²) in [6.45, 7) is 2.25. The number of nitrogens with one attached hydrogen (secondary N) is 1. The fourth-order valence-electron chi connectivity index (χ4n) is 3.56. The van der Waals surface area contributed by atoms with Crippen molar-refractivity contribution in [1.82, 2.24) is 5.32 Å². The summed E-state index contributed by atoms with van der Waals surface area (Å²) in [5, 5.41) is 3.60. The SMILES string of the molecule is ICCCCCCNCC1CCC2(CCCCC2)O1. The summed E-state index contributed by atoms with van der Waals surface area (Å²) in [6.07, 6.45) is 15.4. The Morgan fingerprint density at radius 1 is 1.00 bits per heavy atom. The molecule has 0 bridgehead atoms. The zero-order chi connectivity index (χ0) is 13.4. The fourth-order valence-corrected chi connectivity index (χ4v) is 4.10. The summed E-state index contributed by atoms with van der Waals surface area (Å²) in [6, 6.07) is 0. The number of unbranched alkanes of at least 4 members (excludes halogenated alkanes) is 3. The molecule has 1 spiro atoms. The molecule has 2 aliphatic rings. The van der Waals surface area contributed by atoms with E-state index in [1.165, 1.54) is 81.6 Å². The first kappa shape index (κ1) is 16.0. The Morgan fingerprint density at radius 3 is 2.58 bits per heavy atom. The average Bonchev–Trinajstić information content (AvgIpc) is 2.81. The maximum Gasteiger partial charge on any atom is 0.0708 e. The summed E-state index contributed by atoms with van der Waals surface area (Å²) in [7, 11) is 0. The summed E-state index contributed by atoms with van der Waals surface area (Å²) < 4.78 is 7.68. The van der Waals surface area contributed by atoms with Crippen molar-refractivity contribution in [3.05, 3.63) is 0 Å². The Hall–Kier alpha value is 0.650. The Labute approximate surface area is 132 Å². The molecule has 1 saturated carbocycles. The van der Waals surface area contributed by atoms with Crippen LogP contribution in [0.2, 0.25) is 0 Å². The van der Waals surface area contributed by atoms with Crippen LogP contribution in [0.3, 0.4) is 0 Å². The van der Waals surface area contributed by atoms with Crippen LogP contribution in [0.1, 0.15) is 70.6 Å². The first-order chi connectivity index (χ1) is 9.35. The number of hydrogen-bond donors (Lipinski definition) is 1. The first-order valence-corrected chi connectivity index (χ1v) is 9.82. The third-order valence-electron chi connectivity index (χ3n) is 4.71. The van der Waals surface area contributed by atoms with Crippen molar-refractivity contribution in [3.63, 3.8) is 0 Å². The lowest BCUT2D eigenvalue weighted by molar-refractivity contribution is -0.0623. The highest BCUT2D eigenvalue weighted by atomic mass is 127. The third kappa shape index (κ3) is 5.50. The van der Waals surface area contributed by atoms with E-state index in [-0.39, 0.29) is 0 Å². The molecule has 3 heteroatoms. The molecule has 1 atom stereocenters. The lowest BCUT2D eigenvalue weighted by Crippen LogP contribution is -2.34. The van der Waals surface area contributed by atoms with Crippen LogP contribution in [0, 0.1) is 0 Å². The molecular weight excluding hydrogens is 349 g/mol.